The maximum absolute atomic E-state index is 12.0. The van der Waals surface area contributed by atoms with E-state index < -0.39 is 0 Å². The molecule has 1 aromatic rings. The third-order valence-electron chi connectivity index (χ3n) is 3.86. The van der Waals surface area contributed by atoms with E-state index in [9.17, 15) is 9.90 Å². The Balaban J connectivity index is 1.59. The highest BCUT2D eigenvalue weighted by molar-refractivity contribution is 7.14. The van der Waals surface area contributed by atoms with Crippen LogP contribution in [-0.4, -0.2) is 23.7 Å². The molecule has 1 atom stereocenters. The molecule has 0 aromatic carbocycles. The van der Waals surface area contributed by atoms with Crippen LogP contribution in [0.4, 0.5) is 0 Å². The first-order chi connectivity index (χ1) is 8.74. The van der Waals surface area contributed by atoms with E-state index in [2.05, 4.69) is 5.32 Å². The molecular formula is C14H19NO2S. The van der Waals surface area contributed by atoms with Crippen molar-refractivity contribution in [2.75, 3.05) is 6.54 Å². The monoisotopic (exact) mass is 265 g/mol. The number of nitrogens with one attached hydrogen (secondary N) is 1. The molecule has 2 aliphatic rings. The summed E-state index contributed by atoms with van der Waals surface area (Å²) in [5.74, 6) is 0.399. The molecule has 4 heteroatoms. The second-order valence-electron chi connectivity index (χ2n) is 5.38. The highest BCUT2D eigenvalue weighted by Gasteiger charge is 2.30. The fourth-order valence-corrected chi connectivity index (χ4v) is 3.70. The minimum atomic E-state index is -0.358. The van der Waals surface area contributed by atoms with Gasteiger partial charge in [-0.3, -0.25) is 4.79 Å². The minimum absolute atomic E-state index is 0.0194. The first-order valence-electron chi connectivity index (χ1n) is 6.82. The number of carbonyl (C=O) groups excluding carboxylic acids is 1. The standard InChI is InChI=1S/C14H19NO2S/c16-11(9-5-6-9)8-15-14(17)13-7-10-3-1-2-4-12(10)18-13/h7,9,11,16H,1-6,8H2,(H,15,17). The van der Waals surface area contributed by atoms with E-state index in [1.165, 1.54) is 23.3 Å². The van der Waals surface area contributed by atoms with Crippen molar-refractivity contribution in [3.63, 3.8) is 0 Å². The molecule has 3 nitrogen and oxygen atoms in total. The fourth-order valence-electron chi connectivity index (χ4n) is 2.53. The summed E-state index contributed by atoms with van der Waals surface area (Å²) in [6, 6.07) is 2.04. The number of amides is 1. The lowest BCUT2D eigenvalue weighted by molar-refractivity contribution is 0.0905. The predicted molar refractivity (Wildman–Crippen MR) is 72.0 cm³/mol. The van der Waals surface area contributed by atoms with Crippen molar-refractivity contribution in [2.45, 2.75) is 44.6 Å². The smallest absolute Gasteiger partial charge is 0.261 e. The molecule has 1 fully saturated rings. The number of thiophene rings is 1. The lowest BCUT2D eigenvalue weighted by atomic mass is 9.99. The SMILES string of the molecule is O=C(NCC(O)C1CC1)c1cc2c(s1)CCCC2. The average molecular weight is 265 g/mol. The highest BCUT2D eigenvalue weighted by atomic mass is 32.1. The Morgan fingerprint density at radius 1 is 1.44 bits per heavy atom. The van der Waals surface area contributed by atoms with Gasteiger partial charge in [-0.25, -0.2) is 0 Å². The summed E-state index contributed by atoms with van der Waals surface area (Å²) >= 11 is 1.63. The molecule has 0 radical (unpaired) electrons. The summed E-state index contributed by atoms with van der Waals surface area (Å²) in [5, 5.41) is 12.6. The lowest BCUT2D eigenvalue weighted by Gasteiger charge is -2.09. The number of carbonyl (C=O) groups is 1. The van der Waals surface area contributed by atoms with E-state index in [0.29, 0.717) is 12.5 Å². The first-order valence-corrected chi connectivity index (χ1v) is 7.63. The molecule has 1 unspecified atom stereocenters. The van der Waals surface area contributed by atoms with Crippen molar-refractivity contribution >= 4 is 17.2 Å². The van der Waals surface area contributed by atoms with Crippen LogP contribution in [-0.2, 0) is 12.8 Å². The number of rotatable bonds is 4. The molecule has 2 N–H and O–H groups in total. The molecule has 3 rings (SSSR count). The van der Waals surface area contributed by atoms with Crippen LogP contribution in [0.3, 0.4) is 0 Å². The van der Waals surface area contributed by atoms with Gasteiger partial charge in [-0.15, -0.1) is 11.3 Å². The van der Waals surface area contributed by atoms with Crippen molar-refractivity contribution in [1.29, 1.82) is 0 Å². The van der Waals surface area contributed by atoms with Gasteiger partial charge in [-0.1, -0.05) is 0 Å². The second-order valence-corrected chi connectivity index (χ2v) is 6.52. The Bertz CT molecular complexity index is 427. The topological polar surface area (TPSA) is 49.3 Å². The van der Waals surface area contributed by atoms with Gasteiger partial charge in [0.2, 0.25) is 0 Å². The van der Waals surface area contributed by atoms with Gasteiger partial charge in [0, 0.05) is 11.4 Å². The normalized spacial score (nSPS) is 20.3. The van der Waals surface area contributed by atoms with E-state index in [1.54, 1.807) is 11.3 Å². The van der Waals surface area contributed by atoms with Crippen LogP contribution in [0.1, 0.15) is 45.8 Å². The van der Waals surface area contributed by atoms with Gasteiger partial charge in [-0.2, -0.15) is 0 Å². The van der Waals surface area contributed by atoms with Crippen molar-refractivity contribution in [1.82, 2.24) is 5.32 Å². The number of hydrogen-bond acceptors (Lipinski definition) is 3. The summed E-state index contributed by atoms with van der Waals surface area (Å²) in [4.78, 5) is 14.2. The molecular weight excluding hydrogens is 246 g/mol. The van der Waals surface area contributed by atoms with E-state index >= 15 is 0 Å². The van der Waals surface area contributed by atoms with E-state index in [0.717, 1.165) is 30.6 Å². The molecule has 1 aromatic heterocycles. The maximum atomic E-state index is 12.0. The van der Waals surface area contributed by atoms with Crippen LogP contribution in [0, 0.1) is 5.92 Å². The predicted octanol–water partition coefficient (Wildman–Crippen LogP) is 2.13. The summed E-state index contributed by atoms with van der Waals surface area (Å²) in [7, 11) is 0. The van der Waals surface area contributed by atoms with E-state index in [4.69, 9.17) is 0 Å². The summed E-state index contributed by atoms with van der Waals surface area (Å²) in [5.41, 5.74) is 1.36. The quantitative estimate of drug-likeness (QED) is 0.876. The van der Waals surface area contributed by atoms with Crippen LogP contribution in [0.25, 0.3) is 0 Å². The zero-order chi connectivity index (χ0) is 12.5. The molecule has 18 heavy (non-hydrogen) atoms. The number of aliphatic hydroxyl groups is 1. The number of aliphatic hydroxyl groups excluding tert-OH is 1. The molecule has 1 heterocycles. The Morgan fingerprint density at radius 2 is 2.22 bits per heavy atom. The van der Waals surface area contributed by atoms with Gasteiger partial charge in [0.1, 0.15) is 0 Å². The molecule has 1 amide bonds. The van der Waals surface area contributed by atoms with Gasteiger partial charge in [0.05, 0.1) is 11.0 Å². The van der Waals surface area contributed by atoms with Crippen molar-refractivity contribution < 1.29 is 9.90 Å². The lowest BCUT2D eigenvalue weighted by Crippen LogP contribution is -2.32. The molecule has 1 saturated carbocycles. The first kappa shape index (κ1) is 12.2. The zero-order valence-electron chi connectivity index (χ0n) is 10.4. The Kier molecular flexibility index (Phi) is 3.39. The van der Waals surface area contributed by atoms with Gasteiger partial charge in [-0.05, 0) is 56.1 Å². The van der Waals surface area contributed by atoms with Crippen LogP contribution in [0.5, 0.6) is 0 Å². The van der Waals surface area contributed by atoms with Crippen LogP contribution in [0.2, 0.25) is 0 Å². The summed E-state index contributed by atoms with van der Waals surface area (Å²) in [6.45, 7) is 0.395. The fraction of sp³-hybridized carbons (Fsp3) is 0.643. The van der Waals surface area contributed by atoms with Gasteiger partial charge < -0.3 is 10.4 Å². The Morgan fingerprint density at radius 3 is 2.94 bits per heavy atom. The van der Waals surface area contributed by atoms with E-state index in [1.807, 2.05) is 6.07 Å². The van der Waals surface area contributed by atoms with Crippen molar-refractivity contribution in [2.24, 2.45) is 5.92 Å². The zero-order valence-corrected chi connectivity index (χ0v) is 11.3. The van der Waals surface area contributed by atoms with Crippen LogP contribution in [0.15, 0.2) is 6.07 Å². The highest BCUT2D eigenvalue weighted by Crippen LogP contribution is 2.32. The summed E-state index contributed by atoms with van der Waals surface area (Å²) < 4.78 is 0. The molecule has 0 saturated heterocycles. The van der Waals surface area contributed by atoms with Crippen molar-refractivity contribution in [3.05, 3.63) is 21.4 Å². The number of hydrogen-bond donors (Lipinski definition) is 2. The molecule has 0 spiro atoms. The second kappa shape index (κ2) is 5.02. The third-order valence-corrected chi connectivity index (χ3v) is 5.09. The largest absolute Gasteiger partial charge is 0.391 e. The molecule has 0 bridgehead atoms. The Labute approximate surface area is 111 Å². The average Bonchev–Trinajstić information content (AvgIpc) is 3.14. The van der Waals surface area contributed by atoms with E-state index in [-0.39, 0.29) is 12.0 Å². The van der Waals surface area contributed by atoms with Crippen LogP contribution >= 0.6 is 11.3 Å². The van der Waals surface area contributed by atoms with Gasteiger partial charge >= 0.3 is 0 Å². The Hall–Kier alpha value is -0.870. The number of fused-ring (bicyclic) bond motifs is 1. The van der Waals surface area contributed by atoms with Crippen molar-refractivity contribution in [3.8, 4) is 0 Å². The number of aryl methyl sites for hydroxylation is 2. The maximum Gasteiger partial charge on any atom is 0.261 e. The van der Waals surface area contributed by atoms with Gasteiger partial charge in [0.15, 0.2) is 0 Å². The minimum Gasteiger partial charge on any atom is -0.391 e. The third kappa shape index (κ3) is 2.59. The molecule has 2 aliphatic carbocycles. The molecule has 0 aliphatic heterocycles. The van der Waals surface area contributed by atoms with Gasteiger partial charge in [0.25, 0.3) is 5.91 Å². The summed E-state index contributed by atoms with van der Waals surface area (Å²) in [6.07, 6.45) is 6.57. The van der Waals surface area contributed by atoms with Crippen LogP contribution < -0.4 is 5.32 Å². The molecule has 98 valence electrons.